The Labute approximate surface area is 113 Å². The van der Waals surface area contributed by atoms with Crippen molar-refractivity contribution in [3.63, 3.8) is 0 Å². The smallest absolute Gasteiger partial charge is 0.239 e. The Bertz CT molecular complexity index is 284. The van der Waals surface area contributed by atoms with Gasteiger partial charge in [-0.25, -0.2) is 0 Å². The van der Waals surface area contributed by atoms with Crippen molar-refractivity contribution in [2.45, 2.75) is 43.9 Å². The van der Waals surface area contributed by atoms with Crippen LogP contribution in [0.25, 0.3) is 0 Å². The quantitative estimate of drug-likeness (QED) is 0.647. The SMILES string of the molecule is CCSC1CCCCC1NC(=O)CNC(=O)CN. The minimum absolute atomic E-state index is 0.0239. The second-order valence-corrected chi connectivity index (χ2v) is 5.95. The number of hydrogen-bond donors (Lipinski definition) is 3. The second-order valence-electron chi connectivity index (χ2n) is 4.43. The van der Waals surface area contributed by atoms with Gasteiger partial charge in [-0.1, -0.05) is 19.8 Å². The molecule has 1 fully saturated rings. The first-order valence-corrected chi connectivity index (χ1v) is 7.60. The van der Waals surface area contributed by atoms with Crippen molar-refractivity contribution in [1.29, 1.82) is 0 Å². The Hall–Kier alpha value is -0.750. The Morgan fingerprint density at radius 2 is 2.00 bits per heavy atom. The monoisotopic (exact) mass is 273 g/mol. The molecule has 0 bridgehead atoms. The zero-order valence-corrected chi connectivity index (χ0v) is 11.7. The van der Waals surface area contributed by atoms with Crippen LogP contribution >= 0.6 is 11.8 Å². The van der Waals surface area contributed by atoms with E-state index in [4.69, 9.17) is 5.73 Å². The molecule has 1 aliphatic carbocycles. The summed E-state index contributed by atoms with van der Waals surface area (Å²) in [4.78, 5) is 22.7. The summed E-state index contributed by atoms with van der Waals surface area (Å²) in [5, 5.41) is 6.02. The minimum atomic E-state index is -0.298. The number of amides is 2. The topological polar surface area (TPSA) is 84.2 Å². The van der Waals surface area contributed by atoms with Gasteiger partial charge in [-0.05, 0) is 18.6 Å². The molecule has 1 rings (SSSR count). The molecule has 0 spiro atoms. The molecule has 2 unspecified atom stereocenters. The summed E-state index contributed by atoms with van der Waals surface area (Å²) >= 11 is 1.91. The van der Waals surface area contributed by atoms with Crippen LogP contribution in [0.1, 0.15) is 32.6 Å². The van der Waals surface area contributed by atoms with Crippen LogP contribution in [0.5, 0.6) is 0 Å². The van der Waals surface area contributed by atoms with Gasteiger partial charge in [0.1, 0.15) is 0 Å². The average Bonchev–Trinajstić information content (AvgIpc) is 2.38. The fourth-order valence-corrected chi connectivity index (χ4v) is 3.38. The van der Waals surface area contributed by atoms with Gasteiger partial charge in [0.2, 0.25) is 11.8 Å². The van der Waals surface area contributed by atoms with Crippen molar-refractivity contribution < 1.29 is 9.59 Å². The number of nitrogens with two attached hydrogens (primary N) is 1. The lowest BCUT2D eigenvalue weighted by Crippen LogP contribution is -2.48. The maximum atomic E-state index is 11.7. The molecule has 0 heterocycles. The standard InChI is InChI=1S/C12H23N3O2S/c1-2-18-10-6-4-3-5-9(10)15-12(17)8-14-11(16)7-13/h9-10H,2-8,13H2,1H3,(H,14,16)(H,15,17). The molecule has 104 valence electrons. The third-order valence-corrected chi connectivity index (χ3v) is 4.39. The Morgan fingerprint density at radius 3 is 2.67 bits per heavy atom. The number of nitrogens with one attached hydrogen (secondary N) is 2. The van der Waals surface area contributed by atoms with E-state index >= 15 is 0 Å². The lowest BCUT2D eigenvalue weighted by molar-refractivity contribution is -0.125. The summed E-state index contributed by atoms with van der Waals surface area (Å²) in [6.45, 7) is 2.08. The highest BCUT2D eigenvalue weighted by Gasteiger charge is 2.26. The van der Waals surface area contributed by atoms with E-state index in [1.807, 2.05) is 11.8 Å². The molecule has 18 heavy (non-hydrogen) atoms. The van der Waals surface area contributed by atoms with E-state index in [2.05, 4.69) is 17.6 Å². The predicted octanol–water partition coefficient (Wildman–Crippen LogP) is 0.242. The Kier molecular flexibility index (Phi) is 7.12. The summed E-state index contributed by atoms with van der Waals surface area (Å²) in [5.74, 6) is 0.652. The van der Waals surface area contributed by atoms with Crippen LogP contribution in [-0.4, -0.2) is 41.9 Å². The van der Waals surface area contributed by atoms with Gasteiger partial charge in [-0.2, -0.15) is 11.8 Å². The second kappa shape index (κ2) is 8.37. The fourth-order valence-electron chi connectivity index (χ4n) is 2.18. The van der Waals surface area contributed by atoms with Gasteiger partial charge in [0.15, 0.2) is 0 Å². The van der Waals surface area contributed by atoms with Crippen molar-refractivity contribution in [2.75, 3.05) is 18.8 Å². The number of carbonyl (C=O) groups is 2. The molecular formula is C12H23N3O2S. The van der Waals surface area contributed by atoms with Crippen LogP contribution < -0.4 is 16.4 Å². The van der Waals surface area contributed by atoms with E-state index in [0.717, 1.165) is 12.2 Å². The normalized spacial score (nSPS) is 23.4. The Balaban J connectivity index is 2.34. The van der Waals surface area contributed by atoms with Gasteiger partial charge in [0, 0.05) is 11.3 Å². The molecule has 5 nitrogen and oxygen atoms in total. The van der Waals surface area contributed by atoms with Gasteiger partial charge in [0.25, 0.3) is 0 Å². The van der Waals surface area contributed by atoms with Crippen molar-refractivity contribution in [2.24, 2.45) is 5.73 Å². The maximum absolute atomic E-state index is 11.7. The first kappa shape index (κ1) is 15.3. The average molecular weight is 273 g/mol. The first-order valence-electron chi connectivity index (χ1n) is 6.55. The van der Waals surface area contributed by atoms with Gasteiger partial charge in [-0.3, -0.25) is 9.59 Å². The lowest BCUT2D eigenvalue weighted by Gasteiger charge is -2.31. The molecular weight excluding hydrogens is 250 g/mol. The zero-order valence-electron chi connectivity index (χ0n) is 10.9. The van der Waals surface area contributed by atoms with Crippen molar-refractivity contribution >= 4 is 23.6 Å². The first-order chi connectivity index (χ1) is 8.67. The van der Waals surface area contributed by atoms with E-state index < -0.39 is 0 Å². The highest BCUT2D eigenvalue weighted by Crippen LogP contribution is 2.28. The third-order valence-electron chi connectivity index (χ3n) is 3.06. The predicted molar refractivity (Wildman–Crippen MR) is 74.4 cm³/mol. The lowest BCUT2D eigenvalue weighted by atomic mass is 9.95. The number of hydrogen-bond acceptors (Lipinski definition) is 4. The largest absolute Gasteiger partial charge is 0.351 e. The Morgan fingerprint density at radius 1 is 1.28 bits per heavy atom. The molecule has 0 saturated heterocycles. The van der Waals surface area contributed by atoms with Gasteiger partial charge in [0.05, 0.1) is 13.1 Å². The number of thioether (sulfide) groups is 1. The molecule has 4 N–H and O–H groups in total. The molecule has 0 aromatic rings. The highest BCUT2D eigenvalue weighted by atomic mass is 32.2. The van der Waals surface area contributed by atoms with Crippen LogP contribution in [0.2, 0.25) is 0 Å². The van der Waals surface area contributed by atoms with E-state index in [9.17, 15) is 9.59 Å². The summed E-state index contributed by atoms with van der Waals surface area (Å²) in [6, 6.07) is 0.242. The summed E-state index contributed by atoms with van der Waals surface area (Å²) in [5.41, 5.74) is 5.16. The van der Waals surface area contributed by atoms with Crippen LogP contribution in [0.4, 0.5) is 0 Å². The van der Waals surface area contributed by atoms with E-state index in [1.165, 1.54) is 19.3 Å². The molecule has 2 atom stereocenters. The molecule has 6 heteroatoms. The van der Waals surface area contributed by atoms with Crippen LogP contribution in [0.15, 0.2) is 0 Å². The number of rotatable bonds is 6. The molecule has 1 saturated carbocycles. The van der Waals surface area contributed by atoms with E-state index in [0.29, 0.717) is 5.25 Å². The molecule has 2 amide bonds. The van der Waals surface area contributed by atoms with Crippen molar-refractivity contribution in [1.82, 2.24) is 10.6 Å². The van der Waals surface area contributed by atoms with Gasteiger partial charge < -0.3 is 16.4 Å². The van der Waals surface area contributed by atoms with E-state index in [1.54, 1.807) is 0 Å². The summed E-state index contributed by atoms with van der Waals surface area (Å²) in [7, 11) is 0. The number of carbonyl (C=O) groups excluding carboxylic acids is 2. The van der Waals surface area contributed by atoms with Crippen molar-refractivity contribution in [3.8, 4) is 0 Å². The third kappa shape index (κ3) is 5.27. The summed E-state index contributed by atoms with van der Waals surface area (Å²) < 4.78 is 0. The van der Waals surface area contributed by atoms with Crippen molar-refractivity contribution in [3.05, 3.63) is 0 Å². The highest BCUT2D eigenvalue weighted by molar-refractivity contribution is 7.99. The molecule has 0 aromatic carbocycles. The molecule has 0 aromatic heterocycles. The van der Waals surface area contributed by atoms with Crippen LogP contribution in [0, 0.1) is 0 Å². The maximum Gasteiger partial charge on any atom is 0.239 e. The van der Waals surface area contributed by atoms with Gasteiger partial charge in [-0.15, -0.1) is 0 Å². The molecule has 1 aliphatic rings. The van der Waals surface area contributed by atoms with Crippen LogP contribution in [0.3, 0.4) is 0 Å². The minimum Gasteiger partial charge on any atom is -0.351 e. The molecule has 0 radical (unpaired) electrons. The van der Waals surface area contributed by atoms with Crippen LogP contribution in [-0.2, 0) is 9.59 Å². The van der Waals surface area contributed by atoms with E-state index in [-0.39, 0.29) is 30.9 Å². The zero-order chi connectivity index (χ0) is 13.4. The summed E-state index contributed by atoms with van der Waals surface area (Å²) in [6.07, 6.45) is 4.61. The van der Waals surface area contributed by atoms with Gasteiger partial charge >= 0.3 is 0 Å². The fraction of sp³-hybridized carbons (Fsp3) is 0.833. The molecule has 0 aliphatic heterocycles.